The molecular weight excluding hydrogens is 617 g/mol. The fourth-order valence-corrected chi connectivity index (χ4v) is 10.1. The molecule has 11 rings (SSSR count). The molecule has 1 aliphatic heterocycles. The van der Waals surface area contributed by atoms with Crippen LogP contribution in [0.25, 0.3) is 64.4 Å². The molecule has 232 valence electrons. The maximum atomic E-state index is 5.54. The smallest absolute Gasteiger partial charge is 0.233 e. The molecule has 0 saturated carbocycles. The second-order valence-electron chi connectivity index (χ2n) is 13.9. The zero-order valence-corrected chi connectivity index (χ0v) is 27.9. The molecular formula is C44H30N4S. The van der Waals surface area contributed by atoms with Crippen LogP contribution in [0.4, 0.5) is 11.6 Å². The van der Waals surface area contributed by atoms with E-state index in [-0.39, 0.29) is 17.4 Å². The summed E-state index contributed by atoms with van der Waals surface area (Å²) in [7, 11) is 0. The summed E-state index contributed by atoms with van der Waals surface area (Å²) in [6, 6.07) is 37.5. The van der Waals surface area contributed by atoms with E-state index in [2.05, 4.69) is 140 Å². The number of nitrogens with zero attached hydrogens (tertiary/aromatic N) is 4. The van der Waals surface area contributed by atoms with E-state index >= 15 is 0 Å². The number of rotatable bonds is 2. The number of allylic oxidation sites excluding steroid dienone is 2. The lowest BCUT2D eigenvalue weighted by molar-refractivity contribution is 0.660. The highest BCUT2D eigenvalue weighted by Gasteiger charge is 2.43. The van der Waals surface area contributed by atoms with E-state index < -0.39 is 0 Å². The van der Waals surface area contributed by atoms with Gasteiger partial charge in [0, 0.05) is 48.7 Å². The molecule has 49 heavy (non-hydrogen) atoms. The van der Waals surface area contributed by atoms with Crippen molar-refractivity contribution in [3.63, 3.8) is 0 Å². The summed E-state index contributed by atoms with van der Waals surface area (Å²) in [5, 5.41) is 6.13. The Bertz CT molecular complexity index is 2790. The van der Waals surface area contributed by atoms with Crippen LogP contribution in [0.1, 0.15) is 36.5 Å². The van der Waals surface area contributed by atoms with Crippen molar-refractivity contribution >= 4 is 65.0 Å². The highest BCUT2D eigenvalue weighted by Crippen LogP contribution is 2.57. The summed E-state index contributed by atoms with van der Waals surface area (Å²) < 4.78 is 2.60. The number of pyridine rings is 1. The average molecular weight is 647 g/mol. The standard InChI is InChI=1S/C44H30N4S/c1-44(2)33-18-8-5-12-26(33)27-22-21-25(24-34(27)44)39-32-17-11-23-45-42(32)47-43(46-39)48-35-19-9-6-15-30(35)37-28-13-3-4-14-29(28)41-38(40(37)48)31-16-7-10-20-36(31)49-41/h3-24,30,35H,1-2H3. The summed E-state index contributed by atoms with van der Waals surface area (Å²) in [4.78, 5) is 18.1. The largest absolute Gasteiger partial charge is 0.302 e. The van der Waals surface area contributed by atoms with Crippen LogP contribution in [0.3, 0.4) is 0 Å². The molecule has 5 heteroatoms. The fourth-order valence-electron chi connectivity index (χ4n) is 8.86. The van der Waals surface area contributed by atoms with Crippen LogP contribution in [0.2, 0.25) is 0 Å². The van der Waals surface area contributed by atoms with Gasteiger partial charge >= 0.3 is 0 Å². The first kappa shape index (κ1) is 27.3. The molecule has 0 fully saturated rings. The summed E-state index contributed by atoms with van der Waals surface area (Å²) in [6.45, 7) is 4.66. The first-order chi connectivity index (χ1) is 24.1. The molecule has 2 aliphatic carbocycles. The first-order valence-corrected chi connectivity index (χ1v) is 17.8. The van der Waals surface area contributed by atoms with Gasteiger partial charge in [0.25, 0.3) is 0 Å². The van der Waals surface area contributed by atoms with E-state index in [0.717, 1.165) is 16.6 Å². The highest BCUT2D eigenvalue weighted by atomic mass is 32.1. The monoisotopic (exact) mass is 646 g/mol. The summed E-state index contributed by atoms with van der Waals surface area (Å²) in [5.41, 5.74) is 10.5. The number of anilines is 2. The Morgan fingerprint density at radius 1 is 0.694 bits per heavy atom. The van der Waals surface area contributed by atoms with Gasteiger partial charge in [-0.05, 0) is 62.9 Å². The third-order valence-electron chi connectivity index (χ3n) is 11.1. The molecule has 0 saturated heterocycles. The van der Waals surface area contributed by atoms with Crippen LogP contribution >= 0.6 is 11.3 Å². The van der Waals surface area contributed by atoms with Gasteiger partial charge in [0.2, 0.25) is 5.95 Å². The van der Waals surface area contributed by atoms with Crippen molar-refractivity contribution in [3.8, 4) is 22.4 Å². The van der Waals surface area contributed by atoms with Crippen molar-refractivity contribution in [2.45, 2.75) is 31.2 Å². The second-order valence-corrected chi connectivity index (χ2v) is 15.0. The van der Waals surface area contributed by atoms with E-state index in [1.54, 1.807) is 0 Å². The topological polar surface area (TPSA) is 41.9 Å². The molecule has 0 radical (unpaired) electrons. The van der Waals surface area contributed by atoms with Crippen LogP contribution in [0.5, 0.6) is 0 Å². The van der Waals surface area contributed by atoms with E-state index in [1.807, 2.05) is 23.6 Å². The van der Waals surface area contributed by atoms with Gasteiger partial charge < -0.3 is 4.90 Å². The van der Waals surface area contributed by atoms with Gasteiger partial charge in [-0.1, -0.05) is 117 Å². The van der Waals surface area contributed by atoms with E-state index in [9.17, 15) is 0 Å². The zero-order valence-electron chi connectivity index (χ0n) is 27.1. The number of fused-ring (bicyclic) bond motifs is 14. The van der Waals surface area contributed by atoms with E-state index in [1.165, 1.54) is 64.4 Å². The number of aromatic nitrogens is 3. The molecule has 0 N–H and O–H groups in total. The highest BCUT2D eigenvalue weighted by molar-refractivity contribution is 7.26. The molecule has 3 aromatic heterocycles. The van der Waals surface area contributed by atoms with Crippen molar-refractivity contribution in [2.24, 2.45) is 0 Å². The Hall–Kier alpha value is -5.65. The second kappa shape index (κ2) is 9.71. The number of thiophene rings is 1. The van der Waals surface area contributed by atoms with Crippen molar-refractivity contribution in [3.05, 3.63) is 150 Å². The van der Waals surface area contributed by atoms with Crippen LogP contribution in [-0.2, 0) is 5.41 Å². The van der Waals surface area contributed by atoms with Crippen LogP contribution in [-0.4, -0.2) is 21.0 Å². The maximum absolute atomic E-state index is 5.54. The van der Waals surface area contributed by atoms with Crippen molar-refractivity contribution in [1.82, 2.24) is 15.0 Å². The van der Waals surface area contributed by atoms with Gasteiger partial charge in [0.1, 0.15) is 0 Å². The number of hydrogen-bond donors (Lipinski definition) is 0. The quantitative estimate of drug-likeness (QED) is 0.187. The maximum Gasteiger partial charge on any atom is 0.233 e. The summed E-state index contributed by atoms with van der Waals surface area (Å²) in [5.74, 6) is 0.851. The van der Waals surface area contributed by atoms with Crippen LogP contribution < -0.4 is 4.90 Å². The normalized spacial score (nSPS) is 18.4. The Kier molecular flexibility index (Phi) is 5.41. The average Bonchev–Trinajstić information content (AvgIpc) is 3.78. The molecule has 5 aromatic carbocycles. The minimum absolute atomic E-state index is 0.0372. The van der Waals surface area contributed by atoms with E-state index in [4.69, 9.17) is 15.0 Å². The minimum Gasteiger partial charge on any atom is -0.302 e. The molecule has 3 aliphatic rings. The third kappa shape index (κ3) is 3.60. The van der Waals surface area contributed by atoms with E-state index in [0.29, 0.717) is 11.6 Å². The predicted molar refractivity (Wildman–Crippen MR) is 204 cm³/mol. The van der Waals surface area contributed by atoms with Gasteiger partial charge in [-0.25, -0.2) is 9.97 Å². The molecule has 0 amide bonds. The van der Waals surface area contributed by atoms with Gasteiger partial charge in [0.15, 0.2) is 5.65 Å². The molecule has 2 atom stereocenters. The Morgan fingerprint density at radius 3 is 2.37 bits per heavy atom. The van der Waals surface area contributed by atoms with Gasteiger partial charge in [-0.3, -0.25) is 0 Å². The summed E-state index contributed by atoms with van der Waals surface area (Å²) >= 11 is 1.88. The minimum atomic E-state index is -0.112. The molecule has 8 aromatic rings. The van der Waals surface area contributed by atoms with Crippen molar-refractivity contribution in [2.75, 3.05) is 4.90 Å². The Labute approximate surface area is 287 Å². The lowest BCUT2D eigenvalue weighted by Crippen LogP contribution is -2.30. The molecule has 0 spiro atoms. The molecule has 4 nitrogen and oxygen atoms in total. The van der Waals surface area contributed by atoms with Crippen molar-refractivity contribution in [1.29, 1.82) is 0 Å². The van der Waals surface area contributed by atoms with Gasteiger partial charge in [-0.2, -0.15) is 4.98 Å². The Balaban J connectivity index is 1.21. The first-order valence-electron chi connectivity index (χ1n) is 17.0. The molecule has 2 unspecified atom stereocenters. The molecule has 0 bridgehead atoms. The lowest BCUT2D eigenvalue weighted by atomic mass is 9.82. The predicted octanol–water partition coefficient (Wildman–Crippen LogP) is 11.2. The molecule has 4 heterocycles. The Morgan fingerprint density at radius 2 is 1.45 bits per heavy atom. The van der Waals surface area contributed by atoms with Crippen LogP contribution in [0.15, 0.2) is 134 Å². The number of hydrogen-bond acceptors (Lipinski definition) is 5. The van der Waals surface area contributed by atoms with Gasteiger partial charge in [0.05, 0.1) is 17.4 Å². The zero-order chi connectivity index (χ0) is 32.4. The number of benzene rings is 5. The third-order valence-corrected chi connectivity index (χ3v) is 12.3. The lowest BCUT2D eigenvalue weighted by Gasteiger charge is -2.27. The SMILES string of the molecule is CC1(C)c2ccccc2-c2ccc(-c3nc(N4c5c(c6ccccc6c6sc7ccccc7c56)C5C=CC=CC54)nc4ncccc34)cc21. The fraction of sp³-hybridized carbons (Fsp3) is 0.114. The van der Waals surface area contributed by atoms with Crippen molar-refractivity contribution < 1.29 is 0 Å². The van der Waals surface area contributed by atoms with Crippen LogP contribution in [0, 0.1) is 0 Å². The summed E-state index contributed by atoms with van der Waals surface area (Å²) in [6.07, 6.45) is 10.9. The van der Waals surface area contributed by atoms with Gasteiger partial charge in [-0.15, -0.1) is 11.3 Å².